The number of nitrogens with zero attached hydrogens (tertiary/aromatic N) is 2. The maximum Gasteiger partial charge on any atom is 0.270 e. The number of thiophene rings is 1. The van der Waals surface area contributed by atoms with Gasteiger partial charge >= 0.3 is 0 Å². The van der Waals surface area contributed by atoms with Crippen molar-refractivity contribution >= 4 is 29.0 Å². The van der Waals surface area contributed by atoms with Gasteiger partial charge in [-0.1, -0.05) is 12.1 Å². The Morgan fingerprint density at radius 3 is 2.82 bits per heavy atom. The SMILES string of the molecule is Cc1ccsc1CN(C)C(=O)/C=C/c1cccc([N+](=O)[O-])c1. The maximum absolute atomic E-state index is 12.1. The molecule has 0 saturated heterocycles. The van der Waals surface area contributed by atoms with Gasteiger partial charge in [-0.2, -0.15) is 0 Å². The lowest BCUT2D eigenvalue weighted by molar-refractivity contribution is -0.384. The second-order valence-corrected chi connectivity index (χ2v) is 5.91. The second kappa shape index (κ2) is 7.00. The van der Waals surface area contributed by atoms with E-state index in [4.69, 9.17) is 0 Å². The van der Waals surface area contributed by atoms with E-state index in [0.717, 1.165) is 4.88 Å². The van der Waals surface area contributed by atoms with Crippen LogP contribution in [-0.2, 0) is 11.3 Å². The Bertz CT molecular complexity index is 722. The first-order chi connectivity index (χ1) is 10.5. The molecule has 0 atom stereocenters. The molecule has 2 aromatic rings. The minimum absolute atomic E-state index is 0.0113. The fourth-order valence-corrected chi connectivity index (χ4v) is 2.85. The molecule has 0 aliphatic heterocycles. The van der Waals surface area contributed by atoms with Crippen molar-refractivity contribution in [1.29, 1.82) is 0 Å². The van der Waals surface area contributed by atoms with E-state index >= 15 is 0 Å². The van der Waals surface area contributed by atoms with Crippen molar-refractivity contribution in [3.8, 4) is 0 Å². The summed E-state index contributed by atoms with van der Waals surface area (Å²) in [7, 11) is 1.74. The van der Waals surface area contributed by atoms with Gasteiger partial charge in [0.1, 0.15) is 0 Å². The minimum atomic E-state index is -0.454. The summed E-state index contributed by atoms with van der Waals surface area (Å²) >= 11 is 1.62. The van der Waals surface area contributed by atoms with E-state index in [1.165, 1.54) is 23.8 Å². The molecule has 0 aliphatic carbocycles. The number of hydrogen-bond donors (Lipinski definition) is 0. The topological polar surface area (TPSA) is 63.5 Å². The number of likely N-dealkylation sites (N-methyl/N-ethyl adjacent to an activating group) is 1. The molecule has 0 unspecified atom stereocenters. The first-order valence-electron chi connectivity index (χ1n) is 6.68. The molecule has 0 saturated carbocycles. The van der Waals surface area contributed by atoms with E-state index in [0.29, 0.717) is 12.1 Å². The van der Waals surface area contributed by atoms with Crippen molar-refractivity contribution in [3.05, 3.63) is 67.9 Å². The average Bonchev–Trinajstić information content (AvgIpc) is 2.90. The molecule has 0 radical (unpaired) electrons. The number of carbonyl (C=O) groups excluding carboxylic acids is 1. The van der Waals surface area contributed by atoms with E-state index < -0.39 is 4.92 Å². The summed E-state index contributed by atoms with van der Waals surface area (Å²) in [6.45, 7) is 2.57. The number of hydrogen-bond acceptors (Lipinski definition) is 4. The summed E-state index contributed by atoms with van der Waals surface area (Å²) in [6.07, 6.45) is 3.02. The molecular weight excluding hydrogens is 300 g/mol. The van der Waals surface area contributed by atoms with Gasteiger partial charge in [-0.15, -0.1) is 11.3 Å². The molecule has 0 aliphatic rings. The van der Waals surface area contributed by atoms with E-state index in [2.05, 4.69) is 0 Å². The number of non-ortho nitro benzene ring substituents is 1. The fourth-order valence-electron chi connectivity index (χ4n) is 1.90. The molecule has 0 spiro atoms. The van der Waals surface area contributed by atoms with E-state index in [1.54, 1.807) is 41.5 Å². The summed E-state index contributed by atoms with van der Waals surface area (Å²) < 4.78 is 0. The third-order valence-electron chi connectivity index (χ3n) is 3.22. The first kappa shape index (κ1) is 15.9. The summed E-state index contributed by atoms with van der Waals surface area (Å²) in [5.41, 5.74) is 1.81. The van der Waals surface area contributed by atoms with Crippen LogP contribution in [0.25, 0.3) is 6.08 Å². The van der Waals surface area contributed by atoms with Crippen molar-refractivity contribution in [2.75, 3.05) is 7.05 Å². The van der Waals surface area contributed by atoms with Crippen molar-refractivity contribution < 1.29 is 9.72 Å². The average molecular weight is 316 g/mol. The number of nitro benzene ring substituents is 1. The predicted octanol–water partition coefficient (Wildman–Crippen LogP) is 3.64. The van der Waals surface area contributed by atoms with Crippen LogP contribution in [0.2, 0.25) is 0 Å². The zero-order valence-electron chi connectivity index (χ0n) is 12.4. The monoisotopic (exact) mass is 316 g/mol. The molecule has 6 heteroatoms. The highest BCUT2D eigenvalue weighted by molar-refractivity contribution is 7.10. The van der Waals surface area contributed by atoms with Crippen molar-refractivity contribution in [3.63, 3.8) is 0 Å². The normalized spacial score (nSPS) is 10.8. The summed E-state index contributed by atoms with van der Waals surface area (Å²) in [6, 6.07) is 8.20. The Balaban J connectivity index is 2.03. The molecule has 1 aromatic heterocycles. The predicted molar refractivity (Wildman–Crippen MR) is 87.7 cm³/mol. The smallest absolute Gasteiger partial charge is 0.270 e. The highest BCUT2D eigenvalue weighted by atomic mass is 32.1. The van der Waals surface area contributed by atoms with Gasteiger partial charge in [0.15, 0.2) is 0 Å². The molecule has 0 fully saturated rings. The van der Waals surface area contributed by atoms with Crippen LogP contribution in [0, 0.1) is 17.0 Å². The molecule has 2 rings (SSSR count). The number of aryl methyl sites for hydroxylation is 1. The molecule has 0 bridgehead atoms. The second-order valence-electron chi connectivity index (χ2n) is 4.91. The number of rotatable bonds is 5. The van der Waals surface area contributed by atoms with Gasteiger partial charge in [0.25, 0.3) is 5.69 Å². The van der Waals surface area contributed by atoms with Gasteiger partial charge in [-0.3, -0.25) is 14.9 Å². The van der Waals surface area contributed by atoms with Gasteiger partial charge < -0.3 is 4.90 Å². The molecule has 114 valence electrons. The lowest BCUT2D eigenvalue weighted by atomic mass is 10.2. The number of benzene rings is 1. The maximum atomic E-state index is 12.1. The number of carbonyl (C=O) groups is 1. The van der Waals surface area contributed by atoms with Crippen LogP contribution in [0.15, 0.2) is 41.8 Å². The largest absolute Gasteiger partial charge is 0.337 e. The zero-order chi connectivity index (χ0) is 16.1. The molecule has 5 nitrogen and oxygen atoms in total. The van der Waals surface area contributed by atoms with Crippen LogP contribution in [0.4, 0.5) is 5.69 Å². The molecule has 22 heavy (non-hydrogen) atoms. The Hall–Kier alpha value is -2.47. The summed E-state index contributed by atoms with van der Waals surface area (Å²) in [5, 5.41) is 12.7. The van der Waals surface area contributed by atoms with E-state index in [1.807, 2.05) is 18.4 Å². The number of nitro groups is 1. The van der Waals surface area contributed by atoms with Crippen molar-refractivity contribution in [2.45, 2.75) is 13.5 Å². The van der Waals surface area contributed by atoms with Gasteiger partial charge in [0, 0.05) is 30.1 Å². The highest BCUT2D eigenvalue weighted by Crippen LogP contribution is 2.18. The lowest BCUT2D eigenvalue weighted by Gasteiger charge is -2.14. The minimum Gasteiger partial charge on any atom is -0.337 e. The molecule has 0 N–H and O–H groups in total. The van der Waals surface area contributed by atoms with Gasteiger partial charge in [-0.05, 0) is 35.6 Å². The lowest BCUT2D eigenvalue weighted by Crippen LogP contribution is -2.23. The van der Waals surface area contributed by atoms with Gasteiger partial charge in [0.2, 0.25) is 5.91 Å². The fraction of sp³-hybridized carbons (Fsp3) is 0.188. The Labute approximate surface area is 132 Å². The summed E-state index contributed by atoms with van der Waals surface area (Å²) in [5.74, 6) is -0.140. The Morgan fingerprint density at radius 2 is 2.18 bits per heavy atom. The van der Waals surface area contributed by atoms with Gasteiger partial charge in [0.05, 0.1) is 11.5 Å². The number of amides is 1. The molecule has 1 heterocycles. The van der Waals surface area contributed by atoms with Crippen LogP contribution in [-0.4, -0.2) is 22.8 Å². The Morgan fingerprint density at radius 1 is 1.41 bits per heavy atom. The summed E-state index contributed by atoms with van der Waals surface area (Å²) in [4.78, 5) is 25.1. The molecule has 1 amide bonds. The van der Waals surface area contributed by atoms with Crippen molar-refractivity contribution in [2.24, 2.45) is 0 Å². The highest BCUT2D eigenvalue weighted by Gasteiger charge is 2.09. The van der Waals surface area contributed by atoms with Crippen LogP contribution >= 0.6 is 11.3 Å². The first-order valence-corrected chi connectivity index (χ1v) is 7.56. The third kappa shape index (κ3) is 4.02. The molecular formula is C16H16N2O3S. The van der Waals surface area contributed by atoms with Crippen LogP contribution < -0.4 is 0 Å². The van der Waals surface area contributed by atoms with Crippen molar-refractivity contribution in [1.82, 2.24) is 4.90 Å². The standard InChI is InChI=1S/C16H16N2O3S/c1-12-8-9-22-15(12)11-17(2)16(19)7-6-13-4-3-5-14(10-13)18(20)21/h3-10H,11H2,1-2H3/b7-6+. The van der Waals surface area contributed by atoms with E-state index in [-0.39, 0.29) is 11.6 Å². The van der Waals surface area contributed by atoms with Gasteiger partial charge in [-0.25, -0.2) is 0 Å². The van der Waals surface area contributed by atoms with Crippen LogP contribution in [0.3, 0.4) is 0 Å². The molecule has 1 aromatic carbocycles. The van der Waals surface area contributed by atoms with Crippen LogP contribution in [0.5, 0.6) is 0 Å². The van der Waals surface area contributed by atoms with Crippen LogP contribution in [0.1, 0.15) is 16.0 Å². The Kier molecular flexibility index (Phi) is 5.06. The quantitative estimate of drug-likeness (QED) is 0.480. The zero-order valence-corrected chi connectivity index (χ0v) is 13.2. The third-order valence-corrected chi connectivity index (χ3v) is 4.23. The van der Waals surface area contributed by atoms with E-state index in [9.17, 15) is 14.9 Å².